The molecule has 0 spiro atoms. The van der Waals surface area contributed by atoms with Gasteiger partial charge in [0.15, 0.2) is 0 Å². The van der Waals surface area contributed by atoms with Crippen LogP contribution in [0.25, 0.3) is 0 Å². The molecule has 4 nitrogen and oxygen atoms in total. The lowest BCUT2D eigenvalue weighted by molar-refractivity contribution is -0.134. The molecule has 1 saturated carbocycles. The Kier molecular flexibility index (Phi) is 4.45. The van der Waals surface area contributed by atoms with Crippen LogP contribution in [0.5, 0.6) is 0 Å². The molecule has 0 radical (unpaired) electrons. The Bertz CT molecular complexity index is 301. The van der Waals surface area contributed by atoms with Crippen LogP contribution in [-0.4, -0.2) is 35.4 Å². The topological polar surface area (TPSA) is 58.2 Å². The van der Waals surface area contributed by atoms with Crippen molar-refractivity contribution >= 4 is 23.6 Å². The van der Waals surface area contributed by atoms with E-state index < -0.39 is 0 Å². The molecule has 2 rings (SSSR count). The Labute approximate surface area is 106 Å². The maximum Gasteiger partial charge on any atom is 0.243 e. The van der Waals surface area contributed by atoms with Gasteiger partial charge < -0.3 is 5.32 Å². The van der Waals surface area contributed by atoms with Gasteiger partial charge in [0, 0.05) is 17.7 Å². The van der Waals surface area contributed by atoms with Crippen molar-refractivity contribution in [2.24, 2.45) is 0 Å². The number of rotatable bonds is 3. The molecule has 2 amide bonds. The lowest BCUT2D eigenvalue weighted by Gasteiger charge is -2.32. The summed E-state index contributed by atoms with van der Waals surface area (Å²) in [4.78, 5) is 22.6. The van der Waals surface area contributed by atoms with E-state index in [1.165, 1.54) is 12.8 Å². The molecule has 2 fully saturated rings. The summed E-state index contributed by atoms with van der Waals surface area (Å²) < 4.78 is 0. The SMILES string of the molecule is CSC1CCC(NC2CCC(=O)NC2=O)CC1. The van der Waals surface area contributed by atoms with Crippen molar-refractivity contribution in [1.29, 1.82) is 0 Å². The summed E-state index contributed by atoms with van der Waals surface area (Å²) in [5.74, 6) is -0.285. The summed E-state index contributed by atoms with van der Waals surface area (Å²) in [5.41, 5.74) is 0. The van der Waals surface area contributed by atoms with Crippen LogP contribution in [0, 0.1) is 0 Å². The third-order valence-electron chi connectivity index (χ3n) is 3.68. The predicted molar refractivity (Wildman–Crippen MR) is 68.9 cm³/mol. The van der Waals surface area contributed by atoms with Gasteiger partial charge in [-0.15, -0.1) is 0 Å². The predicted octanol–water partition coefficient (Wildman–Crippen LogP) is 1.06. The van der Waals surface area contributed by atoms with Crippen LogP contribution in [-0.2, 0) is 9.59 Å². The molecule has 17 heavy (non-hydrogen) atoms. The van der Waals surface area contributed by atoms with Crippen molar-refractivity contribution in [1.82, 2.24) is 10.6 Å². The Balaban J connectivity index is 1.78. The van der Waals surface area contributed by atoms with E-state index in [4.69, 9.17) is 0 Å². The van der Waals surface area contributed by atoms with Gasteiger partial charge in [0.1, 0.15) is 0 Å². The Morgan fingerprint density at radius 1 is 1.18 bits per heavy atom. The molecule has 2 aliphatic rings. The first-order valence-electron chi connectivity index (χ1n) is 6.31. The molecular weight excluding hydrogens is 236 g/mol. The Morgan fingerprint density at radius 3 is 2.47 bits per heavy atom. The maximum atomic E-state index is 11.6. The highest BCUT2D eigenvalue weighted by Gasteiger charge is 2.29. The zero-order valence-corrected chi connectivity index (χ0v) is 11.0. The number of thioether (sulfide) groups is 1. The third kappa shape index (κ3) is 3.45. The molecule has 96 valence electrons. The van der Waals surface area contributed by atoms with Crippen LogP contribution in [0.15, 0.2) is 0 Å². The molecule has 1 aliphatic carbocycles. The van der Waals surface area contributed by atoms with Gasteiger partial charge in [0.05, 0.1) is 6.04 Å². The summed E-state index contributed by atoms with van der Waals surface area (Å²) in [7, 11) is 0. The minimum absolute atomic E-state index is 0.140. The second-order valence-electron chi connectivity index (χ2n) is 4.88. The van der Waals surface area contributed by atoms with E-state index in [2.05, 4.69) is 16.9 Å². The highest BCUT2D eigenvalue weighted by Crippen LogP contribution is 2.27. The van der Waals surface area contributed by atoms with Crippen LogP contribution >= 0.6 is 11.8 Å². The number of hydrogen-bond donors (Lipinski definition) is 2. The standard InChI is InChI=1S/C12H20N2O2S/c1-17-9-4-2-8(3-5-9)13-10-6-7-11(15)14-12(10)16/h8-10,13H,2-7H2,1H3,(H,14,15,16). The zero-order chi connectivity index (χ0) is 12.3. The molecule has 1 unspecified atom stereocenters. The van der Waals surface area contributed by atoms with E-state index >= 15 is 0 Å². The molecule has 1 saturated heterocycles. The number of piperidine rings is 1. The van der Waals surface area contributed by atoms with Crippen molar-refractivity contribution in [2.45, 2.75) is 55.9 Å². The monoisotopic (exact) mass is 256 g/mol. The Hall–Kier alpha value is -0.550. The van der Waals surface area contributed by atoms with Gasteiger partial charge in [-0.3, -0.25) is 14.9 Å². The highest BCUT2D eigenvalue weighted by molar-refractivity contribution is 7.99. The summed E-state index contributed by atoms with van der Waals surface area (Å²) in [6.07, 6.45) is 8.01. The first kappa shape index (κ1) is 12.9. The van der Waals surface area contributed by atoms with Crippen LogP contribution in [0.2, 0.25) is 0 Å². The quantitative estimate of drug-likeness (QED) is 0.741. The van der Waals surface area contributed by atoms with Gasteiger partial charge in [-0.1, -0.05) is 0 Å². The molecule has 1 atom stereocenters. The van der Waals surface area contributed by atoms with Crippen LogP contribution in [0.4, 0.5) is 0 Å². The summed E-state index contributed by atoms with van der Waals surface area (Å²) >= 11 is 1.94. The van der Waals surface area contributed by atoms with Gasteiger partial charge in [0.2, 0.25) is 11.8 Å². The average Bonchev–Trinajstić information content (AvgIpc) is 2.34. The van der Waals surface area contributed by atoms with Gasteiger partial charge in [-0.2, -0.15) is 11.8 Å². The lowest BCUT2D eigenvalue weighted by Crippen LogP contribution is -2.54. The van der Waals surface area contributed by atoms with Crippen molar-refractivity contribution in [3.05, 3.63) is 0 Å². The number of hydrogen-bond acceptors (Lipinski definition) is 4. The van der Waals surface area contributed by atoms with Crippen LogP contribution in [0.1, 0.15) is 38.5 Å². The fourth-order valence-corrected chi connectivity index (χ4v) is 3.35. The van der Waals surface area contributed by atoms with Gasteiger partial charge >= 0.3 is 0 Å². The fraction of sp³-hybridized carbons (Fsp3) is 0.833. The van der Waals surface area contributed by atoms with E-state index in [1.54, 1.807) is 0 Å². The molecule has 0 aromatic heterocycles. The first-order valence-corrected chi connectivity index (χ1v) is 7.60. The fourth-order valence-electron chi connectivity index (χ4n) is 2.60. The summed E-state index contributed by atoms with van der Waals surface area (Å²) in [6, 6.07) is 0.283. The molecule has 1 heterocycles. The zero-order valence-electron chi connectivity index (χ0n) is 10.2. The normalized spacial score (nSPS) is 34.5. The van der Waals surface area contributed by atoms with Crippen molar-refractivity contribution in [2.75, 3.05) is 6.26 Å². The molecule has 2 N–H and O–H groups in total. The average molecular weight is 256 g/mol. The summed E-state index contributed by atoms with van der Waals surface area (Å²) in [5, 5.41) is 6.58. The Morgan fingerprint density at radius 2 is 1.88 bits per heavy atom. The van der Waals surface area contributed by atoms with E-state index in [-0.39, 0.29) is 17.9 Å². The van der Waals surface area contributed by atoms with Gasteiger partial charge in [-0.25, -0.2) is 0 Å². The van der Waals surface area contributed by atoms with E-state index in [0.717, 1.165) is 18.1 Å². The number of carbonyl (C=O) groups is 2. The van der Waals surface area contributed by atoms with Crippen LogP contribution in [0.3, 0.4) is 0 Å². The first-order chi connectivity index (χ1) is 8.19. The number of imide groups is 1. The van der Waals surface area contributed by atoms with Crippen LogP contribution < -0.4 is 10.6 Å². The largest absolute Gasteiger partial charge is 0.303 e. The van der Waals surface area contributed by atoms with Crippen molar-refractivity contribution in [3.63, 3.8) is 0 Å². The number of nitrogens with one attached hydrogen (secondary N) is 2. The van der Waals surface area contributed by atoms with E-state index in [9.17, 15) is 9.59 Å². The van der Waals surface area contributed by atoms with E-state index in [1.807, 2.05) is 11.8 Å². The number of amides is 2. The van der Waals surface area contributed by atoms with E-state index in [0.29, 0.717) is 18.9 Å². The molecular formula is C12H20N2O2S. The van der Waals surface area contributed by atoms with Gasteiger partial charge in [0.25, 0.3) is 0 Å². The van der Waals surface area contributed by atoms with Crippen molar-refractivity contribution in [3.8, 4) is 0 Å². The minimum atomic E-state index is -0.163. The van der Waals surface area contributed by atoms with Gasteiger partial charge in [-0.05, 0) is 38.4 Å². The second-order valence-corrected chi connectivity index (χ2v) is 6.02. The molecule has 1 aliphatic heterocycles. The molecule has 0 bridgehead atoms. The minimum Gasteiger partial charge on any atom is -0.303 e. The van der Waals surface area contributed by atoms with Crippen molar-refractivity contribution < 1.29 is 9.59 Å². The molecule has 0 aromatic rings. The molecule has 0 aromatic carbocycles. The lowest BCUT2D eigenvalue weighted by atomic mass is 9.93. The maximum absolute atomic E-state index is 11.6. The highest BCUT2D eigenvalue weighted by atomic mass is 32.2. The second kappa shape index (κ2) is 5.87. The summed E-state index contributed by atoms with van der Waals surface area (Å²) in [6.45, 7) is 0. The third-order valence-corrected chi connectivity index (χ3v) is 4.82. The smallest absolute Gasteiger partial charge is 0.243 e. The number of carbonyl (C=O) groups excluding carboxylic acids is 2. The molecule has 5 heteroatoms.